The number of hydrogen-bond donors (Lipinski definition) is 0. The van der Waals surface area contributed by atoms with Crippen LogP contribution in [-0.2, 0) is 11.2 Å². The summed E-state index contributed by atoms with van der Waals surface area (Å²) in [6, 6.07) is 3.22. The van der Waals surface area contributed by atoms with Gasteiger partial charge in [0.05, 0.1) is 41.8 Å². The monoisotopic (exact) mass is 361 g/mol. The number of halogens is 3. The van der Waals surface area contributed by atoms with Gasteiger partial charge in [0, 0.05) is 18.4 Å². The third kappa shape index (κ3) is 2.52. The maximum absolute atomic E-state index is 13.8. The minimum atomic E-state index is -0.288. The number of aryl methyl sites for hydroxylation is 1. The van der Waals surface area contributed by atoms with E-state index in [0.717, 1.165) is 29.9 Å². The molecule has 0 unspecified atom stereocenters. The third-order valence-corrected chi connectivity index (χ3v) is 4.12. The van der Waals surface area contributed by atoms with E-state index in [1.54, 1.807) is 6.07 Å². The topological polar surface area (TPSA) is 30.3 Å². The van der Waals surface area contributed by atoms with Gasteiger partial charge in [0.1, 0.15) is 11.6 Å². The van der Waals surface area contributed by atoms with E-state index in [1.807, 2.05) is 4.68 Å². The molecule has 7 heteroatoms. The van der Waals surface area contributed by atoms with Crippen molar-refractivity contribution < 1.29 is 9.13 Å². The van der Waals surface area contributed by atoms with E-state index in [1.165, 1.54) is 6.07 Å². The first-order valence-electron chi connectivity index (χ1n) is 6.46. The SMILES string of the molecule is Fc1cc2c(cc1Br)nc(CCCl)n2N1CCOCC1. The van der Waals surface area contributed by atoms with Gasteiger partial charge in [0.15, 0.2) is 0 Å². The highest BCUT2D eigenvalue weighted by atomic mass is 79.9. The van der Waals surface area contributed by atoms with Crippen molar-refractivity contribution in [2.75, 3.05) is 37.2 Å². The highest BCUT2D eigenvalue weighted by Crippen LogP contribution is 2.25. The number of fused-ring (bicyclic) bond motifs is 1. The molecule has 0 N–H and O–H groups in total. The number of rotatable bonds is 3. The van der Waals surface area contributed by atoms with Gasteiger partial charge in [-0.2, -0.15) is 0 Å². The Labute approximate surface area is 129 Å². The van der Waals surface area contributed by atoms with Crippen molar-refractivity contribution in [1.82, 2.24) is 9.66 Å². The number of morpholine rings is 1. The number of nitrogens with zero attached hydrogens (tertiary/aromatic N) is 3. The molecule has 3 rings (SSSR count). The average molecular weight is 363 g/mol. The Hall–Kier alpha value is -0.850. The van der Waals surface area contributed by atoms with E-state index in [9.17, 15) is 4.39 Å². The number of alkyl halides is 1. The molecule has 1 aromatic carbocycles. The second kappa shape index (κ2) is 5.87. The van der Waals surface area contributed by atoms with Crippen molar-refractivity contribution in [1.29, 1.82) is 0 Å². The summed E-state index contributed by atoms with van der Waals surface area (Å²) in [6.45, 7) is 2.86. The van der Waals surface area contributed by atoms with E-state index in [4.69, 9.17) is 16.3 Å². The molecule has 0 amide bonds. The van der Waals surface area contributed by atoms with E-state index < -0.39 is 0 Å². The van der Waals surface area contributed by atoms with Crippen LogP contribution in [0.25, 0.3) is 11.0 Å². The lowest BCUT2D eigenvalue weighted by Gasteiger charge is -2.31. The molecule has 1 fully saturated rings. The normalized spacial score (nSPS) is 16.1. The smallest absolute Gasteiger partial charge is 0.139 e. The van der Waals surface area contributed by atoms with Crippen molar-refractivity contribution in [2.24, 2.45) is 0 Å². The summed E-state index contributed by atoms with van der Waals surface area (Å²) in [7, 11) is 0. The fourth-order valence-electron chi connectivity index (χ4n) is 2.43. The molecule has 0 radical (unpaired) electrons. The number of aromatic nitrogens is 2. The highest BCUT2D eigenvalue weighted by Gasteiger charge is 2.19. The Balaban J connectivity index is 2.14. The molecule has 4 nitrogen and oxygen atoms in total. The zero-order chi connectivity index (χ0) is 14.1. The van der Waals surface area contributed by atoms with Crippen LogP contribution in [0.15, 0.2) is 16.6 Å². The van der Waals surface area contributed by atoms with Crippen LogP contribution in [0.3, 0.4) is 0 Å². The van der Waals surface area contributed by atoms with Crippen LogP contribution in [0.4, 0.5) is 4.39 Å². The fraction of sp³-hybridized carbons (Fsp3) is 0.462. The maximum atomic E-state index is 13.8. The molecule has 108 valence electrons. The summed E-state index contributed by atoms with van der Waals surface area (Å²) in [5.41, 5.74) is 1.54. The Bertz CT molecular complexity index is 628. The lowest BCUT2D eigenvalue weighted by atomic mass is 10.3. The molecular weight excluding hydrogens is 349 g/mol. The van der Waals surface area contributed by atoms with Crippen LogP contribution in [-0.4, -0.2) is 41.8 Å². The van der Waals surface area contributed by atoms with Crippen molar-refractivity contribution in [3.8, 4) is 0 Å². The summed E-state index contributed by atoms with van der Waals surface area (Å²) >= 11 is 9.06. The zero-order valence-corrected chi connectivity index (χ0v) is 13.1. The molecular formula is C13H14BrClFN3O. The van der Waals surface area contributed by atoms with Gasteiger partial charge in [-0.3, -0.25) is 0 Å². The molecule has 1 aliphatic heterocycles. The van der Waals surface area contributed by atoms with Crippen LogP contribution in [0.5, 0.6) is 0 Å². The molecule has 1 aliphatic rings. The Morgan fingerprint density at radius 3 is 2.80 bits per heavy atom. The first kappa shape index (κ1) is 14.1. The molecule has 0 bridgehead atoms. The zero-order valence-electron chi connectivity index (χ0n) is 10.8. The summed E-state index contributed by atoms with van der Waals surface area (Å²) < 4.78 is 21.6. The Kier molecular flexibility index (Phi) is 4.14. The summed E-state index contributed by atoms with van der Waals surface area (Å²) in [4.78, 5) is 4.58. The van der Waals surface area contributed by atoms with Crippen LogP contribution in [0, 0.1) is 5.82 Å². The average Bonchev–Trinajstić information content (AvgIpc) is 2.78. The molecule has 0 saturated carbocycles. The van der Waals surface area contributed by atoms with E-state index in [-0.39, 0.29) is 5.82 Å². The standard InChI is InChI=1S/C13H14BrClFN3O/c14-9-7-11-12(8-10(9)16)19(13(17-11)1-2-15)18-3-5-20-6-4-18/h7-8H,1-6H2. The molecule has 0 aliphatic carbocycles. The van der Waals surface area contributed by atoms with Gasteiger partial charge >= 0.3 is 0 Å². The quantitative estimate of drug-likeness (QED) is 0.787. The van der Waals surface area contributed by atoms with Gasteiger partial charge in [-0.15, -0.1) is 11.6 Å². The second-order valence-corrected chi connectivity index (χ2v) is 5.83. The van der Waals surface area contributed by atoms with Crippen LogP contribution in [0.1, 0.15) is 5.82 Å². The minimum Gasteiger partial charge on any atom is -0.378 e. The van der Waals surface area contributed by atoms with Crippen molar-refractivity contribution in [3.05, 3.63) is 28.2 Å². The predicted molar refractivity (Wildman–Crippen MR) is 80.6 cm³/mol. The summed E-state index contributed by atoms with van der Waals surface area (Å²) in [5, 5.41) is 2.13. The largest absolute Gasteiger partial charge is 0.378 e. The summed E-state index contributed by atoms with van der Waals surface area (Å²) in [6.07, 6.45) is 0.646. The van der Waals surface area contributed by atoms with E-state index in [2.05, 4.69) is 25.9 Å². The second-order valence-electron chi connectivity index (χ2n) is 4.60. The molecule has 0 atom stereocenters. The number of imidazole rings is 1. The molecule has 1 aromatic heterocycles. The number of ether oxygens (including phenoxy) is 1. The van der Waals surface area contributed by atoms with Gasteiger partial charge in [0.2, 0.25) is 0 Å². The van der Waals surface area contributed by atoms with E-state index in [0.29, 0.717) is 30.0 Å². The van der Waals surface area contributed by atoms with Crippen LogP contribution >= 0.6 is 27.5 Å². The molecule has 20 heavy (non-hydrogen) atoms. The van der Waals surface area contributed by atoms with E-state index >= 15 is 0 Å². The first-order valence-corrected chi connectivity index (χ1v) is 7.79. The third-order valence-electron chi connectivity index (χ3n) is 3.33. The lowest BCUT2D eigenvalue weighted by molar-refractivity contribution is 0.111. The summed E-state index contributed by atoms with van der Waals surface area (Å²) in [5.74, 6) is 1.05. The van der Waals surface area contributed by atoms with Gasteiger partial charge in [-0.25, -0.2) is 14.1 Å². The Morgan fingerprint density at radius 2 is 2.10 bits per heavy atom. The van der Waals surface area contributed by atoms with Gasteiger partial charge < -0.3 is 9.75 Å². The molecule has 1 saturated heterocycles. The minimum absolute atomic E-state index is 0.288. The molecule has 2 aromatic rings. The van der Waals surface area contributed by atoms with Crippen LogP contribution < -0.4 is 5.01 Å². The van der Waals surface area contributed by atoms with Gasteiger partial charge in [-0.1, -0.05) is 0 Å². The highest BCUT2D eigenvalue weighted by molar-refractivity contribution is 9.10. The van der Waals surface area contributed by atoms with Gasteiger partial charge in [0.25, 0.3) is 0 Å². The van der Waals surface area contributed by atoms with Crippen LogP contribution in [0.2, 0.25) is 0 Å². The maximum Gasteiger partial charge on any atom is 0.139 e. The Morgan fingerprint density at radius 1 is 1.35 bits per heavy atom. The fourth-order valence-corrected chi connectivity index (χ4v) is 2.93. The van der Waals surface area contributed by atoms with Crippen molar-refractivity contribution >= 4 is 38.6 Å². The predicted octanol–water partition coefficient (Wildman–Crippen LogP) is 2.69. The van der Waals surface area contributed by atoms with Crippen molar-refractivity contribution in [2.45, 2.75) is 6.42 Å². The number of benzene rings is 1. The van der Waals surface area contributed by atoms with Gasteiger partial charge in [-0.05, 0) is 22.0 Å². The first-order chi connectivity index (χ1) is 9.70. The molecule has 2 heterocycles. The lowest BCUT2D eigenvalue weighted by Crippen LogP contribution is -2.44. The van der Waals surface area contributed by atoms with Crippen molar-refractivity contribution in [3.63, 3.8) is 0 Å². The molecule has 0 spiro atoms. The number of hydrogen-bond acceptors (Lipinski definition) is 3.